The molecule has 5 aliphatic rings. The number of rotatable bonds is 1. The Bertz CT molecular complexity index is 279. The van der Waals surface area contributed by atoms with E-state index in [4.69, 9.17) is 0 Å². The van der Waals surface area contributed by atoms with E-state index in [9.17, 15) is 5.11 Å². The number of halogens is 1. The molecule has 1 N–H and O–H groups in total. The Kier molecular flexibility index (Phi) is 0.584. The lowest BCUT2D eigenvalue weighted by atomic mass is 9.74. The predicted octanol–water partition coefficient (Wildman–Crippen LogP) is 1.40. The number of hydrogen-bond donors (Lipinski definition) is 1. The third-order valence-electron chi connectivity index (χ3n) is 5.56. The average Bonchev–Trinajstić information content (AvgIpc) is 2.46. The quantitative estimate of drug-likeness (QED) is 0.655. The predicted molar refractivity (Wildman–Crippen MR) is 44.4 cm³/mol. The fraction of sp³-hybridized carbons (Fsp3) is 1.00. The molecule has 2 bridgehead atoms. The van der Waals surface area contributed by atoms with Crippen LogP contribution in [-0.4, -0.2) is 16.0 Å². The normalized spacial score (nSPS) is 85.9. The summed E-state index contributed by atoms with van der Waals surface area (Å²) in [4.78, 5) is 0. The number of aliphatic hydroxyl groups excluding tert-OH is 1. The van der Waals surface area contributed by atoms with Gasteiger partial charge in [0, 0.05) is 9.74 Å². The lowest BCUT2D eigenvalue weighted by Crippen LogP contribution is -2.32. The molecule has 6 unspecified atom stereocenters. The van der Waals surface area contributed by atoms with Crippen molar-refractivity contribution in [1.82, 2.24) is 0 Å². The van der Waals surface area contributed by atoms with Gasteiger partial charge in [0.25, 0.3) is 0 Å². The Morgan fingerprint density at radius 3 is 2.55 bits per heavy atom. The number of alkyl halides is 1. The molecule has 2 heteroatoms. The van der Waals surface area contributed by atoms with Gasteiger partial charge in [-0.3, -0.25) is 0 Å². The maximum absolute atomic E-state index is 9.38. The zero-order valence-corrected chi connectivity index (χ0v) is 8.06. The van der Waals surface area contributed by atoms with Gasteiger partial charge in [-0.15, -0.1) is 0 Å². The van der Waals surface area contributed by atoms with Crippen molar-refractivity contribution in [1.29, 1.82) is 0 Å². The standard InChI is InChI=1S/C9H11BrO/c1-7-4-2-9(10)6(5(4)7)8(7,9)3-11/h4-6,11H,2-3H2,1H3. The van der Waals surface area contributed by atoms with Crippen molar-refractivity contribution in [3.8, 4) is 0 Å². The first kappa shape index (κ1) is 5.98. The Morgan fingerprint density at radius 2 is 2.36 bits per heavy atom. The molecule has 5 rings (SSSR count). The molecule has 0 aromatic rings. The van der Waals surface area contributed by atoms with Crippen LogP contribution in [0.5, 0.6) is 0 Å². The van der Waals surface area contributed by atoms with Gasteiger partial charge in [-0.2, -0.15) is 0 Å². The van der Waals surface area contributed by atoms with Crippen molar-refractivity contribution in [2.75, 3.05) is 6.61 Å². The fourth-order valence-corrected chi connectivity index (χ4v) is 6.79. The van der Waals surface area contributed by atoms with Gasteiger partial charge in [-0.05, 0) is 29.6 Å². The molecule has 0 amide bonds. The van der Waals surface area contributed by atoms with E-state index in [1.807, 2.05) is 0 Å². The smallest absolute Gasteiger partial charge is 0.0509 e. The van der Waals surface area contributed by atoms with Gasteiger partial charge in [-0.1, -0.05) is 22.9 Å². The van der Waals surface area contributed by atoms with Crippen LogP contribution >= 0.6 is 15.9 Å². The van der Waals surface area contributed by atoms with Gasteiger partial charge in [0.05, 0.1) is 6.61 Å². The van der Waals surface area contributed by atoms with Gasteiger partial charge in [0.1, 0.15) is 0 Å². The lowest BCUT2D eigenvalue weighted by Gasteiger charge is -2.31. The first-order chi connectivity index (χ1) is 5.14. The van der Waals surface area contributed by atoms with Crippen LogP contribution < -0.4 is 0 Å². The molecule has 0 aromatic heterocycles. The molecule has 11 heavy (non-hydrogen) atoms. The van der Waals surface area contributed by atoms with Crippen molar-refractivity contribution in [3.63, 3.8) is 0 Å². The fourth-order valence-electron chi connectivity index (χ4n) is 5.08. The molecule has 5 saturated carbocycles. The summed E-state index contributed by atoms with van der Waals surface area (Å²) < 4.78 is 0.402. The van der Waals surface area contributed by atoms with E-state index in [-0.39, 0.29) is 0 Å². The first-order valence-corrected chi connectivity index (χ1v) is 5.23. The van der Waals surface area contributed by atoms with Crippen LogP contribution in [0.3, 0.4) is 0 Å². The minimum Gasteiger partial charge on any atom is -0.396 e. The van der Waals surface area contributed by atoms with E-state index in [1.54, 1.807) is 0 Å². The minimum atomic E-state index is 0.343. The lowest BCUT2D eigenvalue weighted by molar-refractivity contribution is 0.0722. The number of hydrogen-bond acceptors (Lipinski definition) is 1. The summed E-state index contributed by atoms with van der Waals surface area (Å²) in [5.74, 6) is 2.82. The third kappa shape index (κ3) is 0.251. The van der Waals surface area contributed by atoms with Crippen LogP contribution in [0.1, 0.15) is 13.3 Å². The highest BCUT2D eigenvalue weighted by atomic mass is 79.9. The van der Waals surface area contributed by atoms with Crippen molar-refractivity contribution in [2.45, 2.75) is 17.7 Å². The Balaban J connectivity index is 1.98. The van der Waals surface area contributed by atoms with Crippen LogP contribution in [0.2, 0.25) is 0 Å². The second kappa shape index (κ2) is 1.07. The van der Waals surface area contributed by atoms with Crippen molar-refractivity contribution < 1.29 is 5.11 Å². The summed E-state index contributed by atoms with van der Waals surface area (Å²) in [6.07, 6.45) is 1.35. The van der Waals surface area contributed by atoms with E-state index in [0.29, 0.717) is 21.8 Å². The second-order valence-corrected chi connectivity index (χ2v) is 6.50. The Hall–Kier alpha value is 0.440. The minimum absolute atomic E-state index is 0.343. The highest BCUT2D eigenvalue weighted by Gasteiger charge is 3.07. The maximum atomic E-state index is 9.38. The third-order valence-corrected chi connectivity index (χ3v) is 7.08. The van der Waals surface area contributed by atoms with Crippen molar-refractivity contribution in [3.05, 3.63) is 0 Å². The second-order valence-electron chi connectivity index (χ2n) is 5.09. The summed E-state index contributed by atoms with van der Waals surface area (Å²) in [5.41, 5.74) is 0.908. The SMILES string of the molecule is CC12C3CC4(Br)C(C31)C42CO. The van der Waals surface area contributed by atoms with Crippen LogP contribution in [0.15, 0.2) is 0 Å². The number of aliphatic hydroxyl groups is 1. The molecule has 6 atom stereocenters. The molecule has 0 aromatic carbocycles. The summed E-state index contributed by atoms with van der Waals surface area (Å²) in [7, 11) is 0. The van der Waals surface area contributed by atoms with E-state index >= 15 is 0 Å². The largest absolute Gasteiger partial charge is 0.396 e. The monoisotopic (exact) mass is 214 g/mol. The van der Waals surface area contributed by atoms with Crippen LogP contribution in [0, 0.1) is 28.6 Å². The molecular formula is C9H11BrO. The van der Waals surface area contributed by atoms with Gasteiger partial charge in [0.2, 0.25) is 0 Å². The zero-order valence-electron chi connectivity index (χ0n) is 6.47. The highest BCUT2D eigenvalue weighted by Crippen LogP contribution is 3.07. The van der Waals surface area contributed by atoms with Gasteiger partial charge in [-0.25, -0.2) is 0 Å². The summed E-state index contributed by atoms with van der Waals surface area (Å²) in [6.45, 7) is 2.80. The highest BCUT2D eigenvalue weighted by molar-refractivity contribution is 9.10. The molecule has 0 radical (unpaired) electrons. The van der Waals surface area contributed by atoms with Crippen molar-refractivity contribution in [2.24, 2.45) is 28.6 Å². The summed E-state index contributed by atoms with van der Waals surface area (Å²) in [6, 6.07) is 0. The van der Waals surface area contributed by atoms with E-state index < -0.39 is 0 Å². The first-order valence-electron chi connectivity index (χ1n) is 4.44. The van der Waals surface area contributed by atoms with E-state index in [0.717, 1.165) is 17.8 Å². The van der Waals surface area contributed by atoms with Crippen LogP contribution in [0.4, 0.5) is 0 Å². The summed E-state index contributed by atoms with van der Waals surface area (Å²) in [5, 5.41) is 9.38. The molecule has 5 aliphatic carbocycles. The van der Waals surface area contributed by atoms with Crippen molar-refractivity contribution >= 4 is 15.9 Å². The topological polar surface area (TPSA) is 20.2 Å². The summed E-state index contributed by atoms with van der Waals surface area (Å²) >= 11 is 3.84. The van der Waals surface area contributed by atoms with E-state index in [2.05, 4.69) is 22.9 Å². The molecule has 0 spiro atoms. The molecule has 0 aliphatic heterocycles. The Labute approximate surface area is 74.3 Å². The van der Waals surface area contributed by atoms with Gasteiger partial charge in [0.15, 0.2) is 0 Å². The van der Waals surface area contributed by atoms with Crippen LogP contribution in [-0.2, 0) is 0 Å². The van der Waals surface area contributed by atoms with Crippen LogP contribution in [0.25, 0.3) is 0 Å². The molecule has 0 heterocycles. The van der Waals surface area contributed by atoms with Gasteiger partial charge < -0.3 is 5.11 Å². The van der Waals surface area contributed by atoms with E-state index in [1.165, 1.54) is 6.42 Å². The zero-order chi connectivity index (χ0) is 7.65. The molecule has 1 nitrogen and oxygen atoms in total. The molecule has 5 fully saturated rings. The Morgan fingerprint density at radius 1 is 1.64 bits per heavy atom. The molecule has 60 valence electrons. The maximum Gasteiger partial charge on any atom is 0.0509 e. The molecule has 0 saturated heterocycles. The van der Waals surface area contributed by atoms with Gasteiger partial charge >= 0.3 is 0 Å². The molecular weight excluding hydrogens is 204 g/mol. The average molecular weight is 215 g/mol.